The van der Waals surface area contributed by atoms with Gasteiger partial charge in [0.05, 0.1) is 10.5 Å². The van der Waals surface area contributed by atoms with E-state index in [0.29, 0.717) is 11.1 Å². The molecular formula is C16H12N4O3. The molecule has 0 aliphatic heterocycles. The Bertz CT molecular complexity index is 866. The van der Waals surface area contributed by atoms with Crippen molar-refractivity contribution in [3.63, 3.8) is 0 Å². The van der Waals surface area contributed by atoms with Crippen molar-refractivity contribution in [3.05, 3.63) is 70.3 Å². The molecule has 3 rings (SSSR count). The van der Waals surface area contributed by atoms with E-state index in [0.717, 1.165) is 5.52 Å². The predicted molar refractivity (Wildman–Crippen MR) is 88.3 cm³/mol. The summed E-state index contributed by atoms with van der Waals surface area (Å²) in [7, 11) is 0. The summed E-state index contributed by atoms with van der Waals surface area (Å²) in [6.07, 6.45) is 4.67. The molecule has 0 bridgehead atoms. The average Bonchev–Trinajstić information content (AvgIpc) is 2.97. The van der Waals surface area contributed by atoms with Crippen LogP contribution in [0, 0.1) is 10.1 Å². The Labute approximate surface area is 131 Å². The smallest absolute Gasteiger partial charge is 0.316 e. The van der Waals surface area contributed by atoms with Crippen LogP contribution in [0.2, 0.25) is 0 Å². The number of benzene rings is 2. The third kappa shape index (κ3) is 3.41. The van der Waals surface area contributed by atoms with Crippen LogP contribution in [-0.4, -0.2) is 16.1 Å². The van der Waals surface area contributed by atoms with E-state index in [2.05, 4.69) is 15.5 Å². The third-order valence-corrected chi connectivity index (χ3v) is 3.02. The first-order chi connectivity index (χ1) is 11.2. The van der Waals surface area contributed by atoms with Crippen molar-refractivity contribution in [2.75, 3.05) is 5.43 Å². The summed E-state index contributed by atoms with van der Waals surface area (Å²) in [5, 5.41) is 14.8. The second kappa shape index (κ2) is 6.52. The molecule has 0 amide bonds. The number of hydrazone groups is 1. The monoisotopic (exact) mass is 308 g/mol. The van der Waals surface area contributed by atoms with E-state index in [-0.39, 0.29) is 11.7 Å². The molecule has 1 aromatic heterocycles. The van der Waals surface area contributed by atoms with Crippen molar-refractivity contribution < 1.29 is 9.34 Å². The second-order valence-electron chi connectivity index (χ2n) is 4.55. The van der Waals surface area contributed by atoms with Crippen LogP contribution in [0.1, 0.15) is 5.56 Å². The van der Waals surface area contributed by atoms with Gasteiger partial charge in [0.2, 0.25) is 0 Å². The highest BCUT2D eigenvalue weighted by atomic mass is 16.6. The van der Waals surface area contributed by atoms with E-state index in [9.17, 15) is 10.1 Å². The largest absolute Gasteiger partial charge is 0.422 e. The number of para-hydroxylation sites is 3. The predicted octanol–water partition coefficient (Wildman–Crippen LogP) is 3.85. The highest BCUT2D eigenvalue weighted by Crippen LogP contribution is 2.19. The number of fused-ring (bicyclic) bond motifs is 1. The van der Waals surface area contributed by atoms with Gasteiger partial charge in [-0.3, -0.25) is 10.1 Å². The number of hydrogen-bond donors (Lipinski definition) is 1. The van der Waals surface area contributed by atoms with E-state index >= 15 is 0 Å². The Balaban J connectivity index is 1.66. The lowest BCUT2D eigenvalue weighted by atomic mass is 10.2. The van der Waals surface area contributed by atoms with Gasteiger partial charge < -0.3 is 4.42 Å². The van der Waals surface area contributed by atoms with Gasteiger partial charge in [0.1, 0.15) is 5.52 Å². The highest BCUT2D eigenvalue weighted by molar-refractivity contribution is 5.80. The molecule has 0 saturated heterocycles. The number of nitrogens with one attached hydrogen (secondary N) is 1. The zero-order chi connectivity index (χ0) is 16.1. The molecule has 0 saturated carbocycles. The van der Waals surface area contributed by atoms with Gasteiger partial charge in [-0.2, -0.15) is 10.1 Å². The van der Waals surface area contributed by atoms with Gasteiger partial charge in [0.15, 0.2) is 5.58 Å². The van der Waals surface area contributed by atoms with E-state index in [1.807, 2.05) is 24.3 Å². The third-order valence-electron chi connectivity index (χ3n) is 3.02. The normalized spacial score (nSPS) is 11.5. The molecule has 0 aliphatic carbocycles. The molecule has 23 heavy (non-hydrogen) atoms. The lowest BCUT2D eigenvalue weighted by molar-refractivity contribution is -0.385. The van der Waals surface area contributed by atoms with E-state index < -0.39 is 4.92 Å². The lowest BCUT2D eigenvalue weighted by Crippen LogP contribution is -1.90. The summed E-state index contributed by atoms with van der Waals surface area (Å²) < 4.78 is 5.43. The van der Waals surface area contributed by atoms with Crippen molar-refractivity contribution in [2.45, 2.75) is 0 Å². The molecule has 7 nitrogen and oxygen atoms in total. The summed E-state index contributed by atoms with van der Waals surface area (Å²) >= 11 is 0. The van der Waals surface area contributed by atoms with E-state index in [4.69, 9.17) is 4.42 Å². The van der Waals surface area contributed by atoms with Crippen LogP contribution < -0.4 is 5.43 Å². The number of nitro groups is 1. The molecule has 0 fully saturated rings. The number of oxazole rings is 1. The van der Waals surface area contributed by atoms with Crippen LogP contribution in [0.25, 0.3) is 17.2 Å². The Morgan fingerprint density at radius 2 is 1.96 bits per heavy atom. The van der Waals surface area contributed by atoms with Crippen LogP contribution in [0.15, 0.2) is 64.1 Å². The van der Waals surface area contributed by atoms with E-state index in [1.165, 1.54) is 12.3 Å². The maximum atomic E-state index is 10.9. The quantitative estimate of drug-likeness (QED) is 0.439. The topological polar surface area (TPSA) is 93.6 Å². The minimum absolute atomic E-state index is 0.0454. The molecular weight excluding hydrogens is 296 g/mol. The van der Waals surface area contributed by atoms with Gasteiger partial charge in [-0.15, -0.1) is 0 Å². The summed E-state index contributed by atoms with van der Waals surface area (Å²) in [5.74, 6) is 0. The minimum Gasteiger partial charge on any atom is -0.422 e. The maximum absolute atomic E-state index is 10.9. The Morgan fingerprint density at radius 1 is 1.17 bits per heavy atom. The number of aromatic nitrogens is 1. The first kappa shape index (κ1) is 14.5. The first-order valence-electron chi connectivity index (χ1n) is 6.79. The molecule has 1 heterocycles. The fourth-order valence-electron chi connectivity index (χ4n) is 2.00. The van der Waals surface area contributed by atoms with Crippen molar-refractivity contribution in [1.82, 2.24) is 4.98 Å². The van der Waals surface area contributed by atoms with Gasteiger partial charge in [-0.1, -0.05) is 24.3 Å². The zero-order valence-electron chi connectivity index (χ0n) is 11.9. The number of hydrogen-bond acceptors (Lipinski definition) is 6. The zero-order valence-corrected chi connectivity index (χ0v) is 11.9. The molecule has 1 N–H and O–H groups in total. The number of rotatable bonds is 5. The molecule has 7 heteroatoms. The van der Waals surface area contributed by atoms with E-state index in [1.54, 1.807) is 30.4 Å². The summed E-state index contributed by atoms with van der Waals surface area (Å²) in [6.45, 7) is 0. The van der Waals surface area contributed by atoms with Gasteiger partial charge in [-0.25, -0.2) is 5.43 Å². The van der Waals surface area contributed by atoms with Crippen LogP contribution in [0.4, 0.5) is 11.7 Å². The van der Waals surface area contributed by atoms with Crippen molar-refractivity contribution in [3.8, 4) is 0 Å². The van der Waals surface area contributed by atoms with Crippen LogP contribution in [0.5, 0.6) is 0 Å². The number of nitro benzene ring substituents is 1. The summed E-state index contributed by atoms with van der Waals surface area (Å²) in [5.41, 5.74) is 4.62. The highest BCUT2D eigenvalue weighted by Gasteiger charge is 2.08. The SMILES string of the molecule is O=[N+]([O-])c1ccccc1C=CC=NNc1nc2ccccc2o1. The summed E-state index contributed by atoms with van der Waals surface area (Å²) in [6, 6.07) is 14.1. The Hall–Kier alpha value is -3.48. The standard InChI is InChI=1S/C16H12N4O3/c21-20(22)14-9-3-1-6-12(14)7-5-11-17-19-16-18-13-8-2-4-10-15(13)23-16/h1-11H,(H,18,19). The van der Waals surface area contributed by atoms with Crippen LogP contribution in [-0.2, 0) is 0 Å². The van der Waals surface area contributed by atoms with Crippen molar-refractivity contribution >= 4 is 35.1 Å². The molecule has 0 radical (unpaired) electrons. The molecule has 0 atom stereocenters. The lowest BCUT2D eigenvalue weighted by Gasteiger charge is -1.95. The number of allylic oxidation sites excluding steroid dienone is 1. The molecule has 3 aromatic rings. The average molecular weight is 308 g/mol. The molecule has 0 spiro atoms. The van der Waals surface area contributed by atoms with Gasteiger partial charge in [-0.05, 0) is 30.4 Å². The van der Waals surface area contributed by atoms with Crippen LogP contribution >= 0.6 is 0 Å². The molecule has 114 valence electrons. The van der Waals surface area contributed by atoms with Gasteiger partial charge in [0.25, 0.3) is 5.69 Å². The fraction of sp³-hybridized carbons (Fsp3) is 0. The van der Waals surface area contributed by atoms with Crippen molar-refractivity contribution in [1.29, 1.82) is 0 Å². The maximum Gasteiger partial charge on any atom is 0.316 e. The molecule has 0 aliphatic rings. The minimum atomic E-state index is -0.423. The Kier molecular flexibility index (Phi) is 4.10. The van der Waals surface area contributed by atoms with Crippen LogP contribution in [0.3, 0.4) is 0 Å². The summed E-state index contributed by atoms with van der Waals surface area (Å²) in [4.78, 5) is 14.7. The fourth-order valence-corrected chi connectivity index (χ4v) is 2.00. The number of anilines is 1. The molecule has 2 aromatic carbocycles. The Morgan fingerprint density at radius 3 is 2.78 bits per heavy atom. The van der Waals surface area contributed by atoms with Gasteiger partial charge in [0, 0.05) is 12.3 Å². The van der Waals surface area contributed by atoms with Crippen molar-refractivity contribution in [2.24, 2.45) is 5.10 Å². The first-order valence-corrected chi connectivity index (χ1v) is 6.79. The molecule has 0 unspecified atom stereocenters. The van der Waals surface area contributed by atoms with Gasteiger partial charge >= 0.3 is 6.01 Å². The number of nitrogens with zero attached hydrogens (tertiary/aromatic N) is 3. The second-order valence-corrected chi connectivity index (χ2v) is 4.55.